The first kappa shape index (κ1) is 17.7. The lowest BCUT2D eigenvalue weighted by molar-refractivity contribution is 1.24. The molecule has 8 rings (SSSR count). The van der Waals surface area contributed by atoms with Crippen LogP contribution in [-0.4, -0.2) is 29.9 Å². The molecule has 158 valence electrons. The molecule has 0 fully saturated rings. The molecule has 2 N–H and O–H groups in total. The Morgan fingerprint density at radius 1 is 0.471 bits per heavy atom. The van der Waals surface area contributed by atoms with Crippen LogP contribution in [0, 0.1) is 0 Å². The Labute approximate surface area is 192 Å². The summed E-state index contributed by atoms with van der Waals surface area (Å²) in [6.07, 6.45) is 3.58. The van der Waals surface area contributed by atoms with E-state index in [0.29, 0.717) is 0 Å². The molecule has 0 saturated heterocycles. The molecule has 0 bridgehead atoms. The molecule has 0 aliphatic heterocycles. The van der Waals surface area contributed by atoms with E-state index in [4.69, 9.17) is 9.97 Å². The van der Waals surface area contributed by atoms with Gasteiger partial charge < -0.3 is 9.97 Å². The first-order valence-corrected chi connectivity index (χ1v) is 11.2. The zero-order valence-electron chi connectivity index (χ0n) is 17.9. The highest BCUT2D eigenvalue weighted by molar-refractivity contribution is 6.38. The Bertz CT molecular complexity index is 1760. The van der Waals surface area contributed by atoms with E-state index in [-0.39, 0.29) is 0 Å². The lowest BCUT2D eigenvalue weighted by Gasteiger charge is -2.12. The number of benzene rings is 4. The van der Waals surface area contributed by atoms with E-state index >= 15 is 0 Å². The topological polar surface area (TPSA) is 83.1 Å². The van der Waals surface area contributed by atoms with Crippen molar-refractivity contribution < 1.29 is 0 Å². The van der Waals surface area contributed by atoms with Crippen LogP contribution in [0.1, 0.15) is 0 Å². The van der Waals surface area contributed by atoms with Crippen molar-refractivity contribution in [2.24, 2.45) is 0 Å². The number of imidazole rings is 2. The molecule has 8 aromatic rings. The molecule has 4 heterocycles. The summed E-state index contributed by atoms with van der Waals surface area (Å²) in [6, 6.07) is 24.6. The van der Waals surface area contributed by atoms with E-state index in [1.54, 1.807) is 12.4 Å². The first-order chi connectivity index (χ1) is 16.9. The molecule has 0 saturated carbocycles. The average Bonchev–Trinajstić information content (AvgIpc) is 3.55. The lowest BCUT2D eigenvalue weighted by Crippen LogP contribution is -1.88. The van der Waals surface area contributed by atoms with Crippen LogP contribution < -0.4 is 0 Å². The maximum atomic E-state index is 5.01. The molecule has 4 aromatic heterocycles. The highest BCUT2D eigenvalue weighted by Gasteiger charge is 2.21. The molecule has 6 heteroatoms. The minimum atomic E-state index is 0.772. The van der Waals surface area contributed by atoms with E-state index in [2.05, 4.69) is 56.3 Å². The van der Waals surface area contributed by atoms with Crippen LogP contribution in [0.5, 0.6) is 0 Å². The smallest absolute Gasteiger partial charge is 0.157 e. The summed E-state index contributed by atoms with van der Waals surface area (Å²) in [7, 11) is 0. The molecule has 0 atom stereocenters. The highest BCUT2D eigenvalue weighted by atomic mass is 15.0. The third kappa shape index (κ3) is 2.24. The van der Waals surface area contributed by atoms with Gasteiger partial charge >= 0.3 is 0 Å². The van der Waals surface area contributed by atoms with Crippen molar-refractivity contribution in [3.8, 4) is 23.0 Å². The highest BCUT2D eigenvalue weighted by Crippen LogP contribution is 2.44. The van der Waals surface area contributed by atoms with Crippen molar-refractivity contribution in [1.82, 2.24) is 29.9 Å². The van der Waals surface area contributed by atoms with Gasteiger partial charge in [0.2, 0.25) is 0 Å². The summed E-state index contributed by atoms with van der Waals surface area (Å²) in [5.74, 6) is 1.54. The van der Waals surface area contributed by atoms with Gasteiger partial charge in [-0.1, -0.05) is 48.5 Å². The Balaban J connectivity index is 1.57. The maximum Gasteiger partial charge on any atom is 0.157 e. The van der Waals surface area contributed by atoms with Crippen LogP contribution in [0.3, 0.4) is 0 Å². The standard InChI is InChI=1S/C28H16N6/c1-3-13-29-19(11-1)27-31-23-15-7-5-9-17-21(15)22-16(24(23)32-27)8-6-10-18(22)26-25(17)33-28(34-26)20-12-2-4-14-30-20/h1-14H,(H,31,32)(H,33,34). The lowest BCUT2D eigenvalue weighted by atomic mass is 9.92. The molecular weight excluding hydrogens is 420 g/mol. The molecule has 0 amide bonds. The first-order valence-electron chi connectivity index (χ1n) is 11.2. The van der Waals surface area contributed by atoms with Crippen LogP contribution in [0.15, 0.2) is 85.2 Å². The van der Waals surface area contributed by atoms with E-state index in [9.17, 15) is 0 Å². The predicted molar refractivity (Wildman–Crippen MR) is 136 cm³/mol. The number of aromatic nitrogens is 6. The average molecular weight is 436 g/mol. The van der Waals surface area contributed by atoms with Gasteiger partial charge in [-0.05, 0) is 24.3 Å². The van der Waals surface area contributed by atoms with Gasteiger partial charge in [-0.3, -0.25) is 9.97 Å². The van der Waals surface area contributed by atoms with Gasteiger partial charge in [-0.2, -0.15) is 0 Å². The zero-order valence-corrected chi connectivity index (χ0v) is 17.9. The van der Waals surface area contributed by atoms with Gasteiger partial charge in [0.05, 0.1) is 22.1 Å². The van der Waals surface area contributed by atoms with Crippen molar-refractivity contribution in [1.29, 1.82) is 0 Å². The normalized spacial score (nSPS) is 12.1. The molecular formula is C28H16N6. The Morgan fingerprint density at radius 2 is 0.941 bits per heavy atom. The molecule has 6 nitrogen and oxygen atoms in total. The predicted octanol–water partition coefficient (Wildman–Crippen LogP) is 6.46. The summed E-state index contributed by atoms with van der Waals surface area (Å²) in [6.45, 7) is 0. The summed E-state index contributed by atoms with van der Waals surface area (Å²) >= 11 is 0. The van der Waals surface area contributed by atoms with Gasteiger partial charge in [-0.25, -0.2) is 9.97 Å². The summed E-state index contributed by atoms with van der Waals surface area (Å²) < 4.78 is 0. The number of H-pyrrole nitrogens is 2. The quantitative estimate of drug-likeness (QED) is 0.305. The van der Waals surface area contributed by atoms with Crippen LogP contribution in [-0.2, 0) is 0 Å². The van der Waals surface area contributed by atoms with Crippen molar-refractivity contribution >= 4 is 54.4 Å². The van der Waals surface area contributed by atoms with Gasteiger partial charge in [0, 0.05) is 44.7 Å². The number of rotatable bonds is 2. The number of hydrogen-bond acceptors (Lipinski definition) is 4. The van der Waals surface area contributed by atoms with Crippen LogP contribution >= 0.6 is 0 Å². The number of fused-ring (bicyclic) bond motifs is 6. The van der Waals surface area contributed by atoms with Crippen molar-refractivity contribution in [2.75, 3.05) is 0 Å². The largest absolute Gasteiger partial charge is 0.336 e. The molecule has 4 aromatic carbocycles. The van der Waals surface area contributed by atoms with Gasteiger partial charge in [0.25, 0.3) is 0 Å². The third-order valence-electron chi connectivity index (χ3n) is 6.65. The maximum absolute atomic E-state index is 5.01. The van der Waals surface area contributed by atoms with Crippen LogP contribution in [0.4, 0.5) is 0 Å². The Morgan fingerprint density at radius 3 is 1.41 bits per heavy atom. The van der Waals surface area contributed by atoms with Crippen molar-refractivity contribution in [3.05, 3.63) is 85.2 Å². The number of nitrogens with zero attached hydrogens (tertiary/aromatic N) is 4. The van der Waals surface area contributed by atoms with E-state index in [1.807, 2.05) is 36.4 Å². The number of hydrogen-bond donors (Lipinski definition) is 2. The second-order valence-electron chi connectivity index (χ2n) is 8.50. The van der Waals surface area contributed by atoms with Crippen LogP contribution in [0.25, 0.3) is 77.4 Å². The van der Waals surface area contributed by atoms with Crippen LogP contribution in [0.2, 0.25) is 0 Å². The van der Waals surface area contributed by atoms with Crippen molar-refractivity contribution in [2.45, 2.75) is 0 Å². The van der Waals surface area contributed by atoms with Gasteiger partial charge in [0.15, 0.2) is 11.6 Å². The molecule has 0 radical (unpaired) electrons. The van der Waals surface area contributed by atoms with E-state index < -0.39 is 0 Å². The summed E-state index contributed by atoms with van der Waals surface area (Å²) in [4.78, 5) is 26.1. The summed E-state index contributed by atoms with van der Waals surface area (Å²) in [5, 5.41) is 6.90. The number of aromatic amines is 2. The monoisotopic (exact) mass is 436 g/mol. The second kappa shape index (κ2) is 6.36. The fourth-order valence-corrected chi connectivity index (χ4v) is 5.23. The second-order valence-corrected chi connectivity index (χ2v) is 8.50. The fourth-order valence-electron chi connectivity index (χ4n) is 5.23. The molecule has 0 spiro atoms. The summed E-state index contributed by atoms with van der Waals surface area (Å²) in [5.41, 5.74) is 5.60. The van der Waals surface area contributed by atoms with Gasteiger partial charge in [0.1, 0.15) is 11.4 Å². The molecule has 0 aliphatic carbocycles. The minimum absolute atomic E-state index is 0.772. The zero-order chi connectivity index (χ0) is 22.2. The molecule has 0 unspecified atom stereocenters. The Hall–Kier alpha value is -4.84. The SMILES string of the molecule is c1ccc(-c2nc3c4cccc5c6nc(-c7ccccn7)[nH]c6c6cccc(c3[nH]2)c6c45)nc1. The van der Waals surface area contributed by atoms with E-state index in [0.717, 1.165) is 66.6 Å². The number of nitrogens with one attached hydrogen (secondary N) is 2. The fraction of sp³-hybridized carbons (Fsp3) is 0. The Kier molecular flexibility index (Phi) is 3.31. The molecule has 34 heavy (non-hydrogen) atoms. The molecule has 0 aliphatic rings. The van der Waals surface area contributed by atoms with Crippen molar-refractivity contribution in [3.63, 3.8) is 0 Å². The van der Waals surface area contributed by atoms with Gasteiger partial charge in [-0.15, -0.1) is 0 Å². The minimum Gasteiger partial charge on any atom is -0.336 e. The van der Waals surface area contributed by atoms with E-state index in [1.165, 1.54) is 10.8 Å². The number of pyridine rings is 2. The third-order valence-corrected chi connectivity index (χ3v) is 6.65.